The maximum Gasteiger partial charge on any atom is 0.185 e. The Labute approximate surface area is 116 Å². The monoisotopic (exact) mass is 264 g/mol. The van der Waals surface area contributed by atoms with E-state index in [0.29, 0.717) is 23.6 Å². The SMILES string of the molecule is O=Cc1ccc(-c2ccccc2Oc2ccccc2)o1. The van der Waals surface area contributed by atoms with Gasteiger partial charge in [-0.25, -0.2) is 0 Å². The average Bonchev–Trinajstić information content (AvgIpc) is 2.98. The van der Waals surface area contributed by atoms with Crippen LogP contribution in [0.2, 0.25) is 0 Å². The number of furan rings is 1. The van der Waals surface area contributed by atoms with E-state index < -0.39 is 0 Å². The zero-order valence-electron chi connectivity index (χ0n) is 10.7. The summed E-state index contributed by atoms with van der Waals surface area (Å²) >= 11 is 0. The van der Waals surface area contributed by atoms with Gasteiger partial charge < -0.3 is 9.15 Å². The number of carbonyl (C=O) groups excluding carboxylic acids is 1. The molecule has 0 saturated heterocycles. The maximum absolute atomic E-state index is 10.7. The van der Waals surface area contributed by atoms with Gasteiger partial charge in [-0.2, -0.15) is 0 Å². The summed E-state index contributed by atoms with van der Waals surface area (Å²) in [6.07, 6.45) is 0.685. The van der Waals surface area contributed by atoms with E-state index >= 15 is 0 Å². The quantitative estimate of drug-likeness (QED) is 0.649. The summed E-state index contributed by atoms with van der Waals surface area (Å²) < 4.78 is 11.3. The van der Waals surface area contributed by atoms with Crippen molar-refractivity contribution in [3.63, 3.8) is 0 Å². The van der Waals surface area contributed by atoms with Gasteiger partial charge in [0.05, 0.1) is 5.56 Å². The fraction of sp³-hybridized carbons (Fsp3) is 0. The summed E-state index contributed by atoms with van der Waals surface area (Å²) in [7, 11) is 0. The van der Waals surface area contributed by atoms with Crippen LogP contribution in [0, 0.1) is 0 Å². The number of hydrogen-bond donors (Lipinski definition) is 0. The Morgan fingerprint density at radius 1 is 0.850 bits per heavy atom. The van der Waals surface area contributed by atoms with Crippen LogP contribution in [0.5, 0.6) is 11.5 Å². The van der Waals surface area contributed by atoms with E-state index in [9.17, 15) is 4.79 Å². The zero-order chi connectivity index (χ0) is 13.8. The second kappa shape index (κ2) is 5.45. The summed E-state index contributed by atoms with van der Waals surface area (Å²) in [4.78, 5) is 10.7. The van der Waals surface area contributed by atoms with E-state index in [2.05, 4.69) is 0 Å². The minimum atomic E-state index is 0.300. The highest BCUT2D eigenvalue weighted by atomic mass is 16.5. The molecule has 2 aromatic carbocycles. The lowest BCUT2D eigenvalue weighted by Crippen LogP contribution is -1.86. The van der Waals surface area contributed by atoms with Crippen molar-refractivity contribution in [3.05, 3.63) is 72.5 Å². The molecule has 0 unspecified atom stereocenters. The van der Waals surface area contributed by atoms with Gasteiger partial charge in [-0.1, -0.05) is 30.3 Å². The predicted molar refractivity (Wildman–Crippen MR) is 76.0 cm³/mol. The van der Waals surface area contributed by atoms with Gasteiger partial charge in [-0.15, -0.1) is 0 Å². The van der Waals surface area contributed by atoms with Crippen molar-refractivity contribution in [1.29, 1.82) is 0 Å². The van der Waals surface area contributed by atoms with Crippen LogP contribution in [0.1, 0.15) is 10.6 Å². The van der Waals surface area contributed by atoms with Crippen LogP contribution in [0.25, 0.3) is 11.3 Å². The van der Waals surface area contributed by atoms with Crippen molar-refractivity contribution in [2.45, 2.75) is 0 Å². The number of para-hydroxylation sites is 2. The molecule has 20 heavy (non-hydrogen) atoms. The molecule has 1 aromatic heterocycles. The zero-order valence-corrected chi connectivity index (χ0v) is 10.7. The topological polar surface area (TPSA) is 39.4 Å². The Morgan fingerprint density at radius 3 is 2.35 bits per heavy atom. The third-order valence-electron chi connectivity index (χ3n) is 2.87. The molecule has 0 saturated carbocycles. The molecule has 3 aromatic rings. The molecule has 3 heteroatoms. The van der Waals surface area contributed by atoms with Gasteiger partial charge in [0.1, 0.15) is 17.3 Å². The summed E-state index contributed by atoms with van der Waals surface area (Å²) in [5.41, 5.74) is 0.810. The summed E-state index contributed by atoms with van der Waals surface area (Å²) in [5.74, 6) is 2.35. The Hall–Kier alpha value is -2.81. The van der Waals surface area contributed by atoms with Crippen LogP contribution in [0.4, 0.5) is 0 Å². The molecule has 3 rings (SSSR count). The Kier molecular flexibility index (Phi) is 3.33. The number of carbonyl (C=O) groups is 1. The van der Waals surface area contributed by atoms with Gasteiger partial charge in [0, 0.05) is 0 Å². The molecule has 0 aliphatic heterocycles. The van der Waals surface area contributed by atoms with Crippen LogP contribution in [0.3, 0.4) is 0 Å². The van der Waals surface area contributed by atoms with E-state index in [-0.39, 0.29) is 0 Å². The van der Waals surface area contributed by atoms with E-state index in [4.69, 9.17) is 9.15 Å². The molecule has 0 atom stereocenters. The van der Waals surface area contributed by atoms with Crippen molar-refractivity contribution in [2.24, 2.45) is 0 Å². The normalized spacial score (nSPS) is 10.2. The largest absolute Gasteiger partial charge is 0.457 e. The Morgan fingerprint density at radius 2 is 1.60 bits per heavy atom. The van der Waals surface area contributed by atoms with Crippen LogP contribution < -0.4 is 4.74 Å². The first kappa shape index (κ1) is 12.2. The third kappa shape index (κ3) is 2.47. The van der Waals surface area contributed by atoms with Crippen molar-refractivity contribution >= 4 is 6.29 Å². The third-order valence-corrected chi connectivity index (χ3v) is 2.87. The van der Waals surface area contributed by atoms with Crippen LogP contribution >= 0.6 is 0 Å². The Balaban J connectivity index is 1.98. The minimum absolute atomic E-state index is 0.300. The number of ether oxygens (including phenoxy) is 1. The smallest absolute Gasteiger partial charge is 0.185 e. The molecular formula is C17H12O3. The second-order valence-electron chi connectivity index (χ2n) is 4.23. The van der Waals surface area contributed by atoms with Crippen molar-refractivity contribution in [1.82, 2.24) is 0 Å². The van der Waals surface area contributed by atoms with Crippen molar-refractivity contribution in [2.75, 3.05) is 0 Å². The number of rotatable bonds is 4. The molecule has 0 fully saturated rings. The van der Waals surface area contributed by atoms with Gasteiger partial charge in [0.15, 0.2) is 12.0 Å². The highest BCUT2D eigenvalue weighted by Crippen LogP contribution is 2.33. The molecule has 0 aliphatic carbocycles. The maximum atomic E-state index is 10.7. The highest BCUT2D eigenvalue weighted by molar-refractivity contribution is 5.74. The van der Waals surface area contributed by atoms with Crippen molar-refractivity contribution < 1.29 is 13.9 Å². The molecule has 0 N–H and O–H groups in total. The fourth-order valence-corrected chi connectivity index (χ4v) is 1.94. The summed E-state index contributed by atoms with van der Waals surface area (Å²) in [5, 5.41) is 0. The predicted octanol–water partition coefficient (Wildman–Crippen LogP) is 4.55. The first-order valence-corrected chi connectivity index (χ1v) is 6.24. The first-order chi connectivity index (χ1) is 9.86. The average molecular weight is 264 g/mol. The molecule has 0 radical (unpaired) electrons. The number of aldehydes is 1. The second-order valence-corrected chi connectivity index (χ2v) is 4.23. The number of benzene rings is 2. The van der Waals surface area contributed by atoms with Crippen molar-refractivity contribution in [3.8, 4) is 22.8 Å². The molecule has 0 spiro atoms. The van der Waals surface area contributed by atoms with Gasteiger partial charge in [-0.3, -0.25) is 4.79 Å². The molecule has 0 amide bonds. The molecule has 3 nitrogen and oxygen atoms in total. The van der Waals surface area contributed by atoms with Crippen LogP contribution in [-0.2, 0) is 0 Å². The van der Waals surface area contributed by atoms with E-state index in [1.54, 1.807) is 12.1 Å². The summed E-state index contributed by atoms with van der Waals surface area (Å²) in [6, 6.07) is 20.5. The lowest BCUT2D eigenvalue weighted by molar-refractivity contribution is 0.110. The van der Waals surface area contributed by atoms with Crippen LogP contribution in [-0.4, -0.2) is 6.29 Å². The summed E-state index contributed by atoms with van der Waals surface area (Å²) in [6.45, 7) is 0. The lowest BCUT2D eigenvalue weighted by Gasteiger charge is -2.09. The first-order valence-electron chi connectivity index (χ1n) is 6.24. The van der Waals surface area contributed by atoms with E-state index in [1.807, 2.05) is 54.6 Å². The standard InChI is InChI=1S/C17H12O3/c18-12-14-10-11-17(20-14)15-8-4-5-9-16(15)19-13-6-2-1-3-7-13/h1-12H. The van der Waals surface area contributed by atoms with Gasteiger partial charge in [-0.05, 0) is 36.4 Å². The van der Waals surface area contributed by atoms with E-state index in [0.717, 1.165) is 11.3 Å². The molecular weight excluding hydrogens is 252 g/mol. The lowest BCUT2D eigenvalue weighted by atomic mass is 10.1. The fourth-order valence-electron chi connectivity index (χ4n) is 1.94. The molecule has 0 aliphatic rings. The molecule has 98 valence electrons. The van der Waals surface area contributed by atoms with Crippen LogP contribution in [0.15, 0.2) is 71.1 Å². The Bertz CT molecular complexity index is 714. The van der Waals surface area contributed by atoms with Gasteiger partial charge in [0.25, 0.3) is 0 Å². The van der Waals surface area contributed by atoms with Gasteiger partial charge in [0.2, 0.25) is 0 Å². The molecule has 1 heterocycles. The number of hydrogen-bond acceptors (Lipinski definition) is 3. The minimum Gasteiger partial charge on any atom is -0.457 e. The van der Waals surface area contributed by atoms with E-state index in [1.165, 1.54) is 0 Å². The molecule has 0 bridgehead atoms. The highest BCUT2D eigenvalue weighted by Gasteiger charge is 2.10. The van der Waals surface area contributed by atoms with Gasteiger partial charge >= 0.3 is 0 Å².